The molecular formula is C44H80O15. The highest BCUT2D eigenvalue weighted by atomic mass is 16.7. The fourth-order valence-electron chi connectivity index (χ4n) is 7.31. The van der Waals surface area contributed by atoms with Crippen molar-refractivity contribution in [2.75, 3.05) is 26.4 Å². The van der Waals surface area contributed by atoms with Gasteiger partial charge in [-0.15, -0.1) is 6.58 Å². The second-order valence-corrected chi connectivity index (χ2v) is 16.3. The summed E-state index contributed by atoms with van der Waals surface area (Å²) in [6.07, 6.45) is 10.3. The zero-order valence-electron chi connectivity index (χ0n) is 35.8. The van der Waals surface area contributed by atoms with Crippen LogP contribution in [0, 0.1) is 0 Å². The van der Waals surface area contributed by atoms with E-state index < -0.39 is 92.7 Å². The van der Waals surface area contributed by atoms with E-state index in [0.29, 0.717) is 12.8 Å². The van der Waals surface area contributed by atoms with Crippen molar-refractivity contribution in [3.63, 3.8) is 0 Å². The Morgan fingerprint density at radius 3 is 1.51 bits per heavy atom. The van der Waals surface area contributed by atoms with Gasteiger partial charge in [-0.3, -0.25) is 9.59 Å². The molecule has 0 amide bonds. The van der Waals surface area contributed by atoms with Crippen LogP contribution < -0.4 is 0 Å². The maximum absolute atomic E-state index is 12.8. The molecule has 346 valence electrons. The van der Waals surface area contributed by atoms with Gasteiger partial charge >= 0.3 is 11.9 Å². The van der Waals surface area contributed by atoms with Crippen LogP contribution >= 0.6 is 0 Å². The molecule has 2 aliphatic rings. The van der Waals surface area contributed by atoms with E-state index in [2.05, 4.69) is 13.5 Å². The lowest BCUT2D eigenvalue weighted by atomic mass is 9.98. The molecule has 0 aromatic heterocycles. The van der Waals surface area contributed by atoms with Gasteiger partial charge in [0.25, 0.3) is 0 Å². The first-order valence-electron chi connectivity index (χ1n) is 22.7. The van der Waals surface area contributed by atoms with Crippen molar-refractivity contribution in [3.8, 4) is 0 Å². The van der Waals surface area contributed by atoms with E-state index in [9.17, 15) is 45.3 Å². The highest BCUT2D eigenvalue weighted by molar-refractivity contribution is 5.70. The fraction of sp³-hybridized carbons (Fsp3) is 0.909. The summed E-state index contributed by atoms with van der Waals surface area (Å²) in [5.74, 6) is -0.928. The van der Waals surface area contributed by atoms with Crippen LogP contribution in [0.15, 0.2) is 12.7 Å². The third-order valence-corrected chi connectivity index (χ3v) is 11.1. The molecule has 7 N–H and O–H groups in total. The molecule has 0 aliphatic carbocycles. The number of hydrogen-bond acceptors (Lipinski definition) is 15. The van der Waals surface area contributed by atoms with E-state index in [-0.39, 0.29) is 26.1 Å². The smallest absolute Gasteiger partial charge is 0.306 e. The first-order chi connectivity index (χ1) is 28.5. The second-order valence-electron chi connectivity index (χ2n) is 16.3. The molecular weight excluding hydrogens is 768 g/mol. The Morgan fingerprint density at radius 1 is 0.559 bits per heavy atom. The van der Waals surface area contributed by atoms with Crippen LogP contribution in [0.1, 0.15) is 161 Å². The van der Waals surface area contributed by atoms with E-state index in [1.165, 1.54) is 83.5 Å². The number of ether oxygens (including phenoxy) is 6. The number of rotatable bonds is 35. The number of aliphatic hydroxyl groups excluding tert-OH is 7. The van der Waals surface area contributed by atoms with Crippen LogP contribution in [0.4, 0.5) is 0 Å². The molecule has 0 spiro atoms. The number of hydrogen-bond donors (Lipinski definition) is 7. The predicted molar refractivity (Wildman–Crippen MR) is 220 cm³/mol. The van der Waals surface area contributed by atoms with Gasteiger partial charge < -0.3 is 64.2 Å². The molecule has 15 heteroatoms. The summed E-state index contributed by atoms with van der Waals surface area (Å²) in [5, 5.41) is 71.7. The highest BCUT2D eigenvalue weighted by Crippen LogP contribution is 2.26. The summed E-state index contributed by atoms with van der Waals surface area (Å²) in [7, 11) is 0. The number of esters is 2. The normalized spacial score (nSPS) is 27.7. The molecule has 2 rings (SSSR count). The van der Waals surface area contributed by atoms with Gasteiger partial charge in [0.1, 0.15) is 55.4 Å². The largest absolute Gasteiger partial charge is 0.462 e. The molecule has 2 saturated heterocycles. The van der Waals surface area contributed by atoms with Crippen molar-refractivity contribution in [1.29, 1.82) is 0 Å². The molecule has 59 heavy (non-hydrogen) atoms. The van der Waals surface area contributed by atoms with Crippen molar-refractivity contribution < 1.29 is 73.8 Å². The predicted octanol–water partition coefficient (Wildman–Crippen LogP) is 4.65. The van der Waals surface area contributed by atoms with Crippen molar-refractivity contribution in [2.45, 2.75) is 229 Å². The minimum atomic E-state index is -1.76. The molecule has 0 radical (unpaired) electrons. The summed E-state index contributed by atoms with van der Waals surface area (Å²) in [5.41, 5.74) is 0. The van der Waals surface area contributed by atoms with E-state index in [0.717, 1.165) is 44.9 Å². The summed E-state index contributed by atoms with van der Waals surface area (Å²) in [6, 6.07) is 0. The third kappa shape index (κ3) is 22.2. The standard InChI is InChI=1S/C44H80O15/c1-3-5-7-9-11-13-14-15-16-17-18-19-21-22-24-26-35(46)54-29-32(57-36(47)27-25-23-20-12-10-8-6-4-2)30-55-43-42(53)40(51)38(49)34(59-43)31-56-44-41(52)39(50)37(48)33(28-45)58-44/h3,32-34,37-45,48-53H,1,4-31H2,2H3/t32-,33-,34-,37+,38+,39?,40?,41?,42?,43-,44-/m1/s1. The Hall–Kier alpha value is -1.76. The van der Waals surface area contributed by atoms with E-state index in [4.69, 9.17) is 28.4 Å². The first-order valence-corrected chi connectivity index (χ1v) is 22.7. The molecule has 2 fully saturated rings. The van der Waals surface area contributed by atoms with Gasteiger partial charge in [0.2, 0.25) is 0 Å². The van der Waals surface area contributed by atoms with Crippen LogP contribution in [0.3, 0.4) is 0 Å². The van der Waals surface area contributed by atoms with Crippen molar-refractivity contribution in [1.82, 2.24) is 0 Å². The van der Waals surface area contributed by atoms with Crippen molar-refractivity contribution in [3.05, 3.63) is 12.7 Å². The van der Waals surface area contributed by atoms with Crippen molar-refractivity contribution >= 4 is 11.9 Å². The van der Waals surface area contributed by atoms with Crippen LogP contribution in [0.5, 0.6) is 0 Å². The molecule has 15 nitrogen and oxygen atoms in total. The lowest BCUT2D eigenvalue weighted by Crippen LogP contribution is -2.61. The molecule has 0 bridgehead atoms. The molecule has 11 atom stereocenters. The number of carbonyl (C=O) groups is 2. The first kappa shape index (κ1) is 53.4. The summed E-state index contributed by atoms with van der Waals surface area (Å²) in [6.45, 7) is 4.07. The highest BCUT2D eigenvalue weighted by Gasteiger charge is 2.47. The maximum Gasteiger partial charge on any atom is 0.306 e. The molecule has 2 aliphatic heterocycles. The zero-order chi connectivity index (χ0) is 43.3. The Balaban J connectivity index is 1.82. The van der Waals surface area contributed by atoms with E-state index >= 15 is 0 Å². The topological polar surface area (TPSA) is 231 Å². The van der Waals surface area contributed by atoms with Crippen LogP contribution in [-0.4, -0.2) is 142 Å². The molecule has 0 aromatic carbocycles. The van der Waals surface area contributed by atoms with Gasteiger partial charge in [0, 0.05) is 12.8 Å². The Labute approximate surface area is 352 Å². The number of unbranched alkanes of at least 4 members (excludes halogenated alkanes) is 20. The minimum Gasteiger partial charge on any atom is -0.462 e. The molecule has 0 aromatic rings. The van der Waals surface area contributed by atoms with E-state index in [1.54, 1.807) is 0 Å². The fourth-order valence-corrected chi connectivity index (χ4v) is 7.31. The van der Waals surface area contributed by atoms with Gasteiger partial charge in [-0.25, -0.2) is 0 Å². The number of aliphatic hydroxyl groups is 7. The Kier molecular flexibility index (Phi) is 29.8. The summed E-state index contributed by atoms with van der Waals surface area (Å²) >= 11 is 0. The van der Waals surface area contributed by atoms with Gasteiger partial charge in [-0.1, -0.05) is 129 Å². The van der Waals surface area contributed by atoms with Crippen LogP contribution in [0.25, 0.3) is 0 Å². The summed E-state index contributed by atoms with van der Waals surface area (Å²) < 4.78 is 33.4. The SMILES string of the molecule is C=CCCCCCCCCCCCCCCCC(=O)OC[C@H](CO[C@@H]1O[C@H](CO[C@@H]2O[C@H](CO)[C@H](O)C(O)C2O)[C@H](O)C(O)C1O)OC(=O)CCCCCCCCCC. The van der Waals surface area contributed by atoms with E-state index in [1.807, 2.05) is 6.08 Å². The minimum absolute atomic E-state index is 0.167. The number of carbonyl (C=O) groups excluding carboxylic acids is 2. The molecule has 0 saturated carbocycles. The average molecular weight is 849 g/mol. The zero-order valence-corrected chi connectivity index (χ0v) is 35.8. The van der Waals surface area contributed by atoms with Gasteiger partial charge in [0.05, 0.1) is 19.8 Å². The summed E-state index contributed by atoms with van der Waals surface area (Å²) in [4.78, 5) is 25.5. The van der Waals surface area contributed by atoms with Crippen molar-refractivity contribution in [2.24, 2.45) is 0 Å². The maximum atomic E-state index is 12.8. The Bertz CT molecular complexity index is 1080. The lowest BCUT2D eigenvalue weighted by molar-refractivity contribution is -0.332. The number of allylic oxidation sites excluding steroid dienone is 1. The Morgan fingerprint density at radius 2 is 1.00 bits per heavy atom. The quantitative estimate of drug-likeness (QED) is 0.0262. The molecule has 2 heterocycles. The van der Waals surface area contributed by atoms with Gasteiger partial charge in [0.15, 0.2) is 18.7 Å². The van der Waals surface area contributed by atoms with Gasteiger partial charge in [-0.2, -0.15) is 0 Å². The van der Waals surface area contributed by atoms with Gasteiger partial charge in [-0.05, 0) is 25.7 Å². The molecule has 4 unspecified atom stereocenters. The van der Waals surface area contributed by atoms with Crippen LogP contribution in [-0.2, 0) is 38.0 Å². The monoisotopic (exact) mass is 849 g/mol. The van der Waals surface area contributed by atoms with Crippen LogP contribution in [0.2, 0.25) is 0 Å². The average Bonchev–Trinajstić information content (AvgIpc) is 3.23. The second kappa shape index (κ2) is 32.9. The third-order valence-electron chi connectivity index (χ3n) is 11.1. The lowest BCUT2D eigenvalue weighted by Gasteiger charge is -2.42.